The van der Waals surface area contributed by atoms with E-state index in [0.717, 1.165) is 17.8 Å². The zero-order valence-electron chi connectivity index (χ0n) is 13.2. The number of benzene rings is 2. The highest BCUT2D eigenvalue weighted by Crippen LogP contribution is 2.25. The molecule has 4 heteroatoms. The minimum absolute atomic E-state index is 0.590. The molecule has 0 bridgehead atoms. The van der Waals surface area contributed by atoms with Gasteiger partial charge in [0.1, 0.15) is 0 Å². The molecular formula is C18H22N2S2. The van der Waals surface area contributed by atoms with Crippen molar-refractivity contribution in [3.63, 3.8) is 0 Å². The summed E-state index contributed by atoms with van der Waals surface area (Å²) in [4.78, 5) is 1.18. The number of anilines is 2. The molecule has 0 aliphatic heterocycles. The van der Waals surface area contributed by atoms with Gasteiger partial charge in [0.05, 0.1) is 5.69 Å². The van der Waals surface area contributed by atoms with Crippen molar-refractivity contribution < 1.29 is 0 Å². The maximum atomic E-state index is 5.40. The molecule has 0 amide bonds. The summed E-state index contributed by atoms with van der Waals surface area (Å²) in [6.45, 7) is 4.45. The average molecular weight is 331 g/mol. The van der Waals surface area contributed by atoms with E-state index in [4.69, 9.17) is 12.2 Å². The molecule has 0 radical (unpaired) electrons. The maximum Gasteiger partial charge on any atom is 0.175 e. The van der Waals surface area contributed by atoms with Crippen molar-refractivity contribution in [1.82, 2.24) is 0 Å². The van der Waals surface area contributed by atoms with Gasteiger partial charge in [-0.2, -0.15) is 0 Å². The van der Waals surface area contributed by atoms with Gasteiger partial charge >= 0.3 is 0 Å². The van der Waals surface area contributed by atoms with E-state index in [1.165, 1.54) is 10.5 Å². The second-order valence-electron chi connectivity index (χ2n) is 5.21. The average Bonchev–Trinajstić information content (AvgIpc) is 2.55. The quantitative estimate of drug-likeness (QED) is 0.540. The molecule has 22 heavy (non-hydrogen) atoms. The highest BCUT2D eigenvalue weighted by atomic mass is 32.2. The molecule has 0 saturated carbocycles. The number of thioether (sulfide) groups is 1. The molecule has 2 aromatic carbocycles. The fourth-order valence-electron chi connectivity index (χ4n) is 2.16. The van der Waals surface area contributed by atoms with Crippen molar-refractivity contribution in [3.05, 3.63) is 54.1 Å². The second kappa shape index (κ2) is 8.20. The summed E-state index contributed by atoms with van der Waals surface area (Å²) in [5.74, 6) is 0.590. The number of hydrogen-bond donors (Lipinski definition) is 2. The first-order valence-electron chi connectivity index (χ1n) is 7.45. The van der Waals surface area contributed by atoms with E-state index in [1.807, 2.05) is 18.2 Å². The van der Waals surface area contributed by atoms with Gasteiger partial charge in [0.25, 0.3) is 0 Å². The van der Waals surface area contributed by atoms with Crippen molar-refractivity contribution in [1.29, 1.82) is 0 Å². The molecule has 2 N–H and O–H groups in total. The summed E-state index contributed by atoms with van der Waals surface area (Å²) in [5, 5.41) is 7.10. The molecule has 2 aromatic rings. The molecular weight excluding hydrogens is 308 g/mol. The van der Waals surface area contributed by atoms with Crippen LogP contribution in [0.1, 0.15) is 31.7 Å². The van der Waals surface area contributed by atoms with E-state index in [1.54, 1.807) is 11.8 Å². The van der Waals surface area contributed by atoms with Crippen molar-refractivity contribution in [3.8, 4) is 0 Å². The molecule has 0 aromatic heterocycles. The van der Waals surface area contributed by atoms with Gasteiger partial charge in [-0.3, -0.25) is 0 Å². The zero-order chi connectivity index (χ0) is 15.9. The van der Waals surface area contributed by atoms with Gasteiger partial charge in [0.15, 0.2) is 5.11 Å². The summed E-state index contributed by atoms with van der Waals surface area (Å²) in [7, 11) is 0. The Morgan fingerprint density at radius 3 is 2.41 bits per heavy atom. The van der Waals surface area contributed by atoms with E-state index < -0.39 is 0 Å². The van der Waals surface area contributed by atoms with E-state index in [0.29, 0.717) is 11.0 Å². The van der Waals surface area contributed by atoms with Crippen LogP contribution < -0.4 is 10.6 Å². The van der Waals surface area contributed by atoms with Gasteiger partial charge in [-0.05, 0) is 60.6 Å². The first-order valence-corrected chi connectivity index (χ1v) is 9.08. The van der Waals surface area contributed by atoms with Crippen LogP contribution in [-0.4, -0.2) is 11.4 Å². The van der Waals surface area contributed by atoms with Gasteiger partial charge in [0, 0.05) is 10.6 Å². The predicted octanol–water partition coefficient (Wildman–Crippen LogP) is 5.73. The molecule has 2 rings (SSSR count). The van der Waals surface area contributed by atoms with Crippen LogP contribution in [0.4, 0.5) is 11.4 Å². The monoisotopic (exact) mass is 330 g/mol. The molecule has 116 valence electrons. The van der Waals surface area contributed by atoms with Crippen LogP contribution in [0, 0.1) is 0 Å². The smallest absolute Gasteiger partial charge is 0.175 e. The highest BCUT2D eigenvalue weighted by Gasteiger charge is 2.05. The van der Waals surface area contributed by atoms with E-state index in [-0.39, 0.29) is 0 Å². The lowest BCUT2D eigenvalue weighted by atomic mass is 9.99. The lowest BCUT2D eigenvalue weighted by Gasteiger charge is -2.14. The zero-order valence-corrected chi connectivity index (χ0v) is 14.9. The van der Waals surface area contributed by atoms with Crippen LogP contribution in [0.3, 0.4) is 0 Å². The van der Waals surface area contributed by atoms with Crippen molar-refractivity contribution in [2.45, 2.75) is 31.1 Å². The lowest BCUT2D eigenvalue weighted by molar-refractivity contribution is 0.734. The molecule has 0 unspecified atom stereocenters. The van der Waals surface area contributed by atoms with E-state index >= 15 is 0 Å². The molecule has 0 saturated heterocycles. The minimum Gasteiger partial charge on any atom is -0.332 e. The molecule has 0 aliphatic rings. The van der Waals surface area contributed by atoms with Crippen LogP contribution >= 0.6 is 24.0 Å². The van der Waals surface area contributed by atoms with Gasteiger partial charge in [0.2, 0.25) is 0 Å². The predicted molar refractivity (Wildman–Crippen MR) is 103 cm³/mol. The normalized spacial score (nSPS) is 11.8. The third kappa shape index (κ3) is 4.49. The first kappa shape index (κ1) is 16.8. The van der Waals surface area contributed by atoms with Crippen LogP contribution in [0.25, 0.3) is 0 Å². The minimum atomic E-state index is 0.590. The maximum absolute atomic E-state index is 5.40. The Hall–Kier alpha value is -1.52. The second-order valence-corrected chi connectivity index (χ2v) is 6.47. The van der Waals surface area contributed by atoms with E-state index in [9.17, 15) is 0 Å². The van der Waals surface area contributed by atoms with Gasteiger partial charge in [-0.25, -0.2) is 0 Å². The van der Waals surface area contributed by atoms with Gasteiger partial charge < -0.3 is 10.6 Å². The lowest BCUT2D eigenvalue weighted by Crippen LogP contribution is -2.19. The fraction of sp³-hybridized carbons (Fsp3) is 0.278. The third-order valence-electron chi connectivity index (χ3n) is 3.71. The van der Waals surface area contributed by atoms with Crippen LogP contribution in [0.15, 0.2) is 53.4 Å². The summed E-state index contributed by atoms with van der Waals surface area (Å²) >= 11 is 7.10. The number of para-hydroxylation sites is 1. The number of hydrogen-bond acceptors (Lipinski definition) is 2. The van der Waals surface area contributed by atoms with Gasteiger partial charge in [-0.1, -0.05) is 38.1 Å². The standard InChI is InChI=1S/C18H22N2S2/c1-4-13(2)14-9-11-15(12-10-14)19-18(21)20-16-7-5-6-8-17(16)22-3/h5-13H,4H2,1-3H3,(H2,19,20,21)/t13-/m0/s1. The third-order valence-corrected chi connectivity index (χ3v) is 4.71. The van der Waals surface area contributed by atoms with Gasteiger partial charge in [-0.15, -0.1) is 11.8 Å². The molecule has 0 aliphatic carbocycles. The summed E-state index contributed by atoms with van der Waals surface area (Å²) in [5.41, 5.74) is 3.40. The van der Waals surface area contributed by atoms with E-state index in [2.05, 4.69) is 61.1 Å². The Morgan fingerprint density at radius 1 is 1.09 bits per heavy atom. The van der Waals surface area contributed by atoms with Crippen LogP contribution in [0.5, 0.6) is 0 Å². The van der Waals surface area contributed by atoms with Crippen molar-refractivity contribution in [2.24, 2.45) is 0 Å². The largest absolute Gasteiger partial charge is 0.332 e. The molecule has 0 heterocycles. The van der Waals surface area contributed by atoms with Crippen molar-refractivity contribution in [2.75, 3.05) is 16.9 Å². The summed E-state index contributed by atoms with van der Waals surface area (Å²) in [6, 6.07) is 16.6. The highest BCUT2D eigenvalue weighted by molar-refractivity contribution is 7.98. The van der Waals surface area contributed by atoms with Crippen LogP contribution in [0.2, 0.25) is 0 Å². The van der Waals surface area contributed by atoms with Crippen molar-refractivity contribution >= 4 is 40.5 Å². The Bertz CT molecular complexity index is 623. The molecule has 2 nitrogen and oxygen atoms in total. The SMILES string of the molecule is CC[C@H](C)c1ccc(NC(=S)Nc2ccccc2SC)cc1. The fourth-order valence-corrected chi connectivity index (χ4v) is 2.94. The van der Waals surface area contributed by atoms with Crippen LogP contribution in [-0.2, 0) is 0 Å². The Morgan fingerprint density at radius 2 is 1.77 bits per heavy atom. The molecule has 1 atom stereocenters. The summed E-state index contributed by atoms with van der Waals surface area (Å²) < 4.78 is 0. The topological polar surface area (TPSA) is 24.1 Å². The molecule has 0 fully saturated rings. The Labute approximate surface area is 142 Å². The Kier molecular flexibility index (Phi) is 6.28. The Balaban J connectivity index is 2.00. The first-order chi connectivity index (χ1) is 10.6. The number of thiocarbonyl (C=S) groups is 1. The summed E-state index contributed by atoms with van der Waals surface area (Å²) in [6.07, 6.45) is 3.21. The number of nitrogens with one attached hydrogen (secondary N) is 2. The molecule has 0 spiro atoms. The number of rotatable bonds is 5.